The first-order valence-electron chi connectivity index (χ1n) is 4.60. The van der Waals surface area contributed by atoms with Crippen molar-refractivity contribution in [3.05, 3.63) is 0 Å². The summed E-state index contributed by atoms with van der Waals surface area (Å²) in [6.07, 6.45) is 0.0589. The van der Waals surface area contributed by atoms with Gasteiger partial charge < -0.3 is 16.2 Å². The highest BCUT2D eigenvalue weighted by Crippen LogP contribution is 2.08. The summed E-state index contributed by atoms with van der Waals surface area (Å²) in [5.74, 6) is -0.375. The van der Waals surface area contributed by atoms with Crippen LogP contribution < -0.4 is 11.1 Å². The largest absolute Gasteiger partial charge is 0.378 e. The Morgan fingerprint density at radius 3 is 3.08 bits per heavy atom. The van der Waals surface area contributed by atoms with Gasteiger partial charge >= 0.3 is 0 Å². The molecule has 4 N–H and O–H groups in total. The van der Waals surface area contributed by atoms with E-state index < -0.39 is 6.23 Å². The molecule has 0 aromatic rings. The summed E-state index contributed by atoms with van der Waals surface area (Å²) in [5, 5.41) is 12.7. The van der Waals surface area contributed by atoms with E-state index in [0.717, 1.165) is 6.54 Å². The van der Waals surface area contributed by atoms with Crippen LogP contribution in [0.3, 0.4) is 0 Å². The van der Waals surface area contributed by atoms with Crippen molar-refractivity contribution in [2.75, 3.05) is 19.6 Å². The number of hydrogen-bond donors (Lipinski definition) is 3. The third kappa shape index (κ3) is 2.40. The predicted octanol–water partition coefficient (Wildman–Crippen LogP) is -1.53. The maximum Gasteiger partial charge on any atom is 0.236 e. The molecule has 0 spiro atoms. The third-order valence-corrected chi connectivity index (χ3v) is 2.36. The molecular formula is C8H17N3O2. The second-order valence-electron chi connectivity index (χ2n) is 3.25. The van der Waals surface area contributed by atoms with Gasteiger partial charge in [0, 0.05) is 19.6 Å². The first kappa shape index (κ1) is 10.4. The van der Waals surface area contributed by atoms with Crippen molar-refractivity contribution in [3.8, 4) is 0 Å². The van der Waals surface area contributed by atoms with Crippen LogP contribution in [0.4, 0.5) is 0 Å². The van der Waals surface area contributed by atoms with E-state index in [0.29, 0.717) is 19.5 Å². The second-order valence-corrected chi connectivity index (χ2v) is 3.25. The fourth-order valence-electron chi connectivity index (χ4n) is 1.58. The molecule has 1 amide bonds. The van der Waals surface area contributed by atoms with Gasteiger partial charge in [0.25, 0.3) is 0 Å². The third-order valence-electron chi connectivity index (χ3n) is 2.36. The zero-order valence-corrected chi connectivity index (χ0v) is 7.86. The van der Waals surface area contributed by atoms with Crippen LogP contribution in [0.5, 0.6) is 0 Å². The molecule has 5 heteroatoms. The molecule has 0 saturated carbocycles. The lowest BCUT2D eigenvalue weighted by molar-refractivity contribution is -0.129. The number of piperazine rings is 1. The zero-order chi connectivity index (χ0) is 9.84. The molecule has 1 fully saturated rings. The van der Waals surface area contributed by atoms with E-state index in [9.17, 15) is 9.90 Å². The molecule has 0 aromatic carbocycles. The van der Waals surface area contributed by atoms with Crippen molar-refractivity contribution in [3.63, 3.8) is 0 Å². The van der Waals surface area contributed by atoms with Crippen molar-refractivity contribution >= 4 is 5.91 Å². The Labute approximate surface area is 77.9 Å². The number of aliphatic hydroxyl groups is 1. The maximum atomic E-state index is 11.0. The highest BCUT2D eigenvalue weighted by molar-refractivity contribution is 5.80. The molecule has 0 bridgehead atoms. The monoisotopic (exact) mass is 187 g/mol. The molecule has 0 aromatic heterocycles. The van der Waals surface area contributed by atoms with Crippen molar-refractivity contribution in [2.24, 2.45) is 5.73 Å². The Kier molecular flexibility index (Phi) is 3.65. The number of rotatable bonds is 3. The van der Waals surface area contributed by atoms with Crippen molar-refractivity contribution in [1.29, 1.82) is 0 Å². The SMILES string of the molecule is CCC(O)N1CCNCC1C(N)=O. The number of carbonyl (C=O) groups is 1. The summed E-state index contributed by atoms with van der Waals surface area (Å²) in [7, 11) is 0. The number of nitrogens with zero attached hydrogens (tertiary/aromatic N) is 1. The first-order chi connectivity index (χ1) is 6.16. The highest BCUT2D eigenvalue weighted by Gasteiger charge is 2.30. The number of nitrogens with two attached hydrogens (primary N) is 1. The van der Waals surface area contributed by atoms with E-state index in [1.165, 1.54) is 0 Å². The molecular weight excluding hydrogens is 170 g/mol. The van der Waals surface area contributed by atoms with Crippen LogP contribution in [0, 0.1) is 0 Å². The van der Waals surface area contributed by atoms with Crippen LogP contribution in [0.15, 0.2) is 0 Å². The van der Waals surface area contributed by atoms with Crippen LogP contribution in [-0.2, 0) is 4.79 Å². The number of primary amides is 1. The summed E-state index contributed by atoms with van der Waals surface area (Å²) >= 11 is 0. The van der Waals surface area contributed by atoms with Gasteiger partial charge in [0.15, 0.2) is 0 Å². The fraction of sp³-hybridized carbons (Fsp3) is 0.875. The van der Waals surface area contributed by atoms with Gasteiger partial charge in [0.2, 0.25) is 5.91 Å². The number of aliphatic hydroxyl groups excluding tert-OH is 1. The van der Waals surface area contributed by atoms with Crippen molar-refractivity contribution in [1.82, 2.24) is 10.2 Å². The van der Waals surface area contributed by atoms with Crippen molar-refractivity contribution in [2.45, 2.75) is 25.6 Å². The summed E-state index contributed by atoms with van der Waals surface area (Å²) in [5.41, 5.74) is 5.22. The smallest absolute Gasteiger partial charge is 0.236 e. The number of hydrogen-bond acceptors (Lipinski definition) is 4. The minimum Gasteiger partial charge on any atom is -0.378 e. The average Bonchev–Trinajstić information content (AvgIpc) is 2.16. The molecule has 5 nitrogen and oxygen atoms in total. The van der Waals surface area contributed by atoms with Gasteiger partial charge in [-0.2, -0.15) is 0 Å². The van der Waals surface area contributed by atoms with Gasteiger partial charge in [-0.05, 0) is 6.42 Å². The molecule has 1 rings (SSSR count). The molecule has 1 aliphatic heterocycles. The standard InChI is InChI=1S/C8H17N3O2/c1-2-7(12)11-4-3-10-5-6(11)8(9)13/h6-7,10,12H,2-5H2,1H3,(H2,9,13). The van der Waals surface area contributed by atoms with Crippen LogP contribution in [-0.4, -0.2) is 47.8 Å². The van der Waals surface area contributed by atoms with E-state index in [-0.39, 0.29) is 11.9 Å². The molecule has 13 heavy (non-hydrogen) atoms. The topological polar surface area (TPSA) is 78.6 Å². The van der Waals surface area contributed by atoms with Gasteiger partial charge in [-0.15, -0.1) is 0 Å². The Morgan fingerprint density at radius 1 is 1.85 bits per heavy atom. The zero-order valence-electron chi connectivity index (χ0n) is 7.86. The lowest BCUT2D eigenvalue weighted by Crippen LogP contribution is -2.59. The number of nitrogens with one attached hydrogen (secondary N) is 1. The van der Waals surface area contributed by atoms with Gasteiger partial charge in [-0.3, -0.25) is 9.69 Å². The summed E-state index contributed by atoms with van der Waals surface area (Å²) in [6.45, 7) is 3.88. The van der Waals surface area contributed by atoms with Gasteiger partial charge in [0.05, 0.1) is 0 Å². The number of amides is 1. The van der Waals surface area contributed by atoms with E-state index in [1.54, 1.807) is 4.90 Å². The molecule has 76 valence electrons. The Bertz CT molecular complexity index is 186. The van der Waals surface area contributed by atoms with E-state index in [4.69, 9.17) is 5.73 Å². The Morgan fingerprint density at radius 2 is 2.54 bits per heavy atom. The maximum absolute atomic E-state index is 11.0. The normalized spacial score (nSPS) is 27.1. The average molecular weight is 187 g/mol. The van der Waals surface area contributed by atoms with E-state index >= 15 is 0 Å². The molecule has 0 radical (unpaired) electrons. The minimum absolute atomic E-state index is 0.372. The summed E-state index contributed by atoms with van der Waals surface area (Å²) in [4.78, 5) is 12.8. The molecule has 1 aliphatic rings. The van der Waals surface area contributed by atoms with E-state index in [2.05, 4.69) is 5.32 Å². The quantitative estimate of drug-likeness (QED) is 0.501. The second kappa shape index (κ2) is 4.55. The summed E-state index contributed by atoms with van der Waals surface area (Å²) in [6, 6.07) is -0.372. The van der Waals surface area contributed by atoms with Crippen molar-refractivity contribution < 1.29 is 9.90 Å². The summed E-state index contributed by atoms with van der Waals surface area (Å²) < 4.78 is 0. The predicted molar refractivity (Wildman–Crippen MR) is 48.9 cm³/mol. The molecule has 0 aliphatic carbocycles. The van der Waals surface area contributed by atoms with Crippen LogP contribution in [0.25, 0.3) is 0 Å². The van der Waals surface area contributed by atoms with Crippen LogP contribution in [0.1, 0.15) is 13.3 Å². The van der Waals surface area contributed by atoms with Crippen LogP contribution in [0.2, 0.25) is 0 Å². The van der Waals surface area contributed by atoms with E-state index in [1.807, 2.05) is 6.92 Å². The van der Waals surface area contributed by atoms with Crippen LogP contribution >= 0.6 is 0 Å². The molecule has 1 saturated heterocycles. The first-order valence-corrected chi connectivity index (χ1v) is 4.60. The van der Waals surface area contributed by atoms with Gasteiger partial charge in [-0.25, -0.2) is 0 Å². The molecule has 2 unspecified atom stereocenters. The highest BCUT2D eigenvalue weighted by atomic mass is 16.3. The lowest BCUT2D eigenvalue weighted by Gasteiger charge is -2.36. The molecule has 1 heterocycles. The Hall–Kier alpha value is -0.650. The van der Waals surface area contributed by atoms with Gasteiger partial charge in [-0.1, -0.05) is 6.92 Å². The Balaban J connectivity index is 2.61. The van der Waals surface area contributed by atoms with Gasteiger partial charge in [0.1, 0.15) is 12.3 Å². The number of carbonyl (C=O) groups excluding carboxylic acids is 1. The minimum atomic E-state index is -0.556. The fourth-order valence-corrected chi connectivity index (χ4v) is 1.58. The molecule has 2 atom stereocenters. The lowest BCUT2D eigenvalue weighted by atomic mass is 10.1.